The van der Waals surface area contributed by atoms with Crippen molar-refractivity contribution in [3.05, 3.63) is 66.7 Å². The zero-order valence-corrected chi connectivity index (χ0v) is 13.9. The van der Waals surface area contributed by atoms with Crippen LogP contribution in [0.5, 0.6) is 5.75 Å². The van der Waals surface area contributed by atoms with Crippen LogP contribution in [0.25, 0.3) is 11.3 Å². The average molecular weight is 334 g/mol. The van der Waals surface area contributed by atoms with Gasteiger partial charge in [-0.3, -0.25) is 4.79 Å². The van der Waals surface area contributed by atoms with Gasteiger partial charge in [0.15, 0.2) is 12.2 Å². The summed E-state index contributed by atoms with van der Waals surface area (Å²) in [4.78, 5) is 18.6. The second-order valence-corrected chi connectivity index (χ2v) is 5.99. The number of benzene rings is 2. The van der Waals surface area contributed by atoms with Crippen molar-refractivity contribution in [3.8, 4) is 17.1 Å². The van der Waals surface area contributed by atoms with Gasteiger partial charge in [0, 0.05) is 18.3 Å². The van der Waals surface area contributed by atoms with E-state index in [4.69, 9.17) is 9.15 Å². The van der Waals surface area contributed by atoms with Gasteiger partial charge in [-0.1, -0.05) is 30.3 Å². The van der Waals surface area contributed by atoms with Crippen LogP contribution in [0.1, 0.15) is 17.9 Å². The Morgan fingerprint density at radius 2 is 2.04 bits per heavy atom. The van der Waals surface area contributed by atoms with Crippen molar-refractivity contribution in [2.75, 3.05) is 18.6 Å². The van der Waals surface area contributed by atoms with E-state index in [2.05, 4.69) is 4.98 Å². The van der Waals surface area contributed by atoms with Crippen molar-refractivity contribution in [2.45, 2.75) is 12.3 Å². The van der Waals surface area contributed by atoms with Gasteiger partial charge >= 0.3 is 0 Å². The molecule has 0 aliphatic carbocycles. The minimum Gasteiger partial charge on any atom is -0.496 e. The third kappa shape index (κ3) is 2.78. The van der Waals surface area contributed by atoms with Crippen LogP contribution in [-0.4, -0.2) is 24.5 Å². The average Bonchev–Trinajstić information content (AvgIpc) is 3.32. The zero-order valence-electron chi connectivity index (χ0n) is 13.9. The highest BCUT2D eigenvalue weighted by Gasteiger charge is 2.33. The van der Waals surface area contributed by atoms with E-state index in [1.54, 1.807) is 13.3 Å². The van der Waals surface area contributed by atoms with Gasteiger partial charge in [-0.15, -0.1) is 0 Å². The van der Waals surface area contributed by atoms with E-state index in [0.717, 1.165) is 23.2 Å². The highest BCUT2D eigenvalue weighted by atomic mass is 16.5. The SMILES string of the molecule is COc1cc(N2CC[C@H](c3ccccc3)C2=O)ccc1-c1cnco1. The van der Waals surface area contributed by atoms with Crippen LogP contribution in [0.2, 0.25) is 0 Å². The van der Waals surface area contributed by atoms with E-state index >= 15 is 0 Å². The van der Waals surface area contributed by atoms with E-state index in [-0.39, 0.29) is 11.8 Å². The first-order valence-electron chi connectivity index (χ1n) is 8.21. The summed E-state index contributed by atoms with van der Waals surface area (Å²) >= 11 is 0. The largest absolute Gasteiger partial charge is 0.496 e. The van der Waals surface area contributed by atoms with Gasteiger partial charge in [-0.25, -0.2) is 4.98 Å². The first kappa shape index (κ1) is 15.4. The number of hydrogen-bond acceptors (Lipinski definition) is 4. The van der Waals surface area contributed by atoms with E-state index < -0.39 is 0 Å². The lowest BCUT2D eigenvalue weighted by Gasteiger charge is -2.19. The molecular weight excluding hydrogens is 316 g/mol. The molecule has 0 bridgehead atoms. The van der Waals surface area contributed by atoms with Gasteiger partial charge in [0.05, 0.1) is 24.8 Å². The summed E-state index contributed by atoms with van der Waals surface area (Å²) in [5.41, 5.74) is 2.72. The van der Waals surface area contributed by atoms with Gasteiger partial charge in [-0.2, -0.15) is 0 Å². The summed E-state index contributed by atoms with van der Waals surface area (Å²) in [6.07, 6.45) is 3.84. The maximum atomic E-state index is 12.9. The summed E-state index contributed by atoms with van der Waals surface area (Å²) in [6.45, 7) is 0.698. The van der Waals surface area contributed by atoms with Gasteiger partial charge in [0.2, 0.25) is 5.91 Å². The van der Waals surface area contributed by atoms with Crippen LogP contribution in [-0.2, 0) is 4.79 Å². The summed E-state index contributed by atoms with van der Waals surface area (Å²) in [7, 11) is 1.61. The van der Waals surface area contributed by atoms with Crippen LogP contribution in [0.3, 0.4) is 0 Å². The molecule has 0 saturated carbocycles. The maximum absolute atomic E-state index is 12.9. The molecule has 0 radical (unpaired) electrons. The number of hydrogen-bond donors (Lipinski definition) is 0. The summed E-state index contributed by atoms with van der Waals surface area (Å²) < 4.78 is 10.8. The van der Waals surface area contributed by atoms with Crippen LogP contribution in [0.15, 0.2) is 65.5 Å². The molecule has 5 heteroatoms. The molecule has 1 aromatic heterocycles. The molecule has 1 amide bonds. The lowest BCUT2D eigenvalue weighted by atomic mass is 9.98. The molecule has 1 aliphatic rings. The molecule has 5 nitrogen and oxygen atoms in total. The molecule has 0 N–H and O–H groups in total. The number of oxazole rings is 1. The molecular formula is C20H18N2O3. The predicted octanol–water partition coefficient (Wildman–Crippen LogP) is 3.87. The standard InChI is InChI=1S/C20H18N2O3/c1-24-18-11-15(7-8-17(18)19-12-21-13-25-19)22-10-9-16(20(22)23)14-5-3-2-4-6-14/h2-8,11-13,16H,9-10H2,1H3/t16-/m1/s1. The lowest BCUT2D eigenvalue weighted by molar-refractivity contribution is -0.118. The number of methoxy groups -OCH3 is 1. The maximum Gasteiger partial charge on any atom is 0.234 e. The third-order valence-corrected chi connectivity index (χ3v) is 4.60. The normalized spacial score (nSPS) is 17.1. The first-order valence-corrected chi connectivity index (χ1v) is 8.21. The quantitative estimate of drug-likeness (QED) is 0.727. The second kappa shape index (κ2) is 6.43. The summed E-state index contributed by atoms with van der Waals surface area (Å²) in [5, 5.41) is 0. The monoisotopic (exact) mass is 334 g/mol. The Morgan fingerprint density at radius 3 is 2.76 bits per heavy atom. The van der Waals surface area contributed by atoms with Gasteiger partial charge in [-0.05, 0) is 24.1 Å². The highest BCUT2D eigenvalue weighted by Crippen LogP contribution is 2.37. The number of carbonyl (C=O) groups is 1. The molecule has 1 atom stereocenters. The van der Waals surface area contributed by atoms with Crippen LogP contribution < -0.4 is 9.64 Å². The van der Waals surface area contributed by atoms with Crippen molar-refractivity contribution in [2.24, 2.45) is 0 Å². The molecule has 126 valence electrons. The van der Waals surface area contributed by atoms with Gasteiger partial charge in [0.25, 0.3) is 0 Å². The van der Waals surface area contributed by atoms with Crippen LogP contribution in [0.4, 0.5) is 5.69 Å². The summed E-state index contributed by atoms with van der Waals surface area (Å²) in [5.74, 6) is 1.34. The Balaban J connectivity index is 1.63. The molecule has 3 aromatic rings. The Hall–Kier alpha value is -3.08. The topological polar surface area (TPSA) is 55.6 Å². The third-order valence-electron chi connectivity index (χ3n) is 4.60. The van der Waals surface area contributed by atoms with Crippen molar-refractivity contribution in [1.82, 2.24) is 4.98 Å². The van der Waals surface area contributed by atoms with Crippen molar-refractivity contribution in [1.29, 1.82) is 0 Å². The highest BCUT2D eigenvalue weighted by molar-refractivity contribution is 6.00. The van der Waals surface area contributed by atoms with Gasteiger partial charge < -0.3 is 14.1 Å². The van der Waals surface area contributed by atoms with E-state index in [1.807, 2.05) is 53.4 Å². The van der Waals surface area contributed by atoms with Gasteiger partial charge in [0.1, 0.15) is 5.75 Å². The number of ether oxygens (including phenoxy) is 1. The Labute approximate surface area is 145 Å². The molecule has 1 aliphatic heterocycles. The summed E-state index contributed by atoms with van der Waals surface area (Å²) in [6, 6.07) is 15.6. The molecule has 0 spiro atoms. The molecule has 4 rings (SSSR count). The molecule has 0 unspecified atom stereocenters. The molecule has 1 saturated heterocycles. The van der Waals surface area contributed by atoms with E-state index in [9.17, 15) is 4.79 Å². The molecule has 2 heterocycles. The predicted molar refractivity (Wildman–Crippen MR) is 94.6 cm³/mol. The van der Waals surface area contributed by atoms with Crippen molar-refractivity contribution >= 4 is 11.6 Å². The number of aromatic nitrogens is 1. The Kier molecular flexibility index (Phi) is 3.98. The molecule has 25 heavy (non-hydrogen) atoms. The number of anilines is 1. The van der Waals surface area contributed by atoms with Crippen LogP contribution in [0, 0.1) is 0 Å². The zero-order chi connectivity index (χ0) is 17.2. The number of nitrogens with zero attached hydrogens (tertiary/aromatic N) is 2. The number of amides is 1. The molecule has 2 aromatic carbocycles. The minimum absolute atomic E-state index is 0.0823. The number of carbonyl (C=O) groups excluding carboxylic acids is 1. The van der Waals surface area contributed by atoms with E-state index in [0.29, 0.717) is 18.1 Å². The lowest BCUT2D eigenvalue weighted by Crippen LogP contribution is -2.26. The smallest absolute Gasteiger partial charge is 0.234 e. The fourth-order valence-corrected chi connectivity index (χ4v) is 3.33. The van der Waals surface area contributed by atoms with Crippen molar-refractivity contribution < 1.29 is 13.9 Å². The second-order valence-electron chi connectivity index (χ2n) is 5.99. The van der Waals surface area contributed by atoms with E-state index in [1.165, 1.54) is 6.39 Å². The molecule has 1 fully saturated rings. The minimum atomic E-state index is -0.0823. The Morgan fingerprint density at radius 1 is 1.20 bits per heavy atom. The Bertz CT molecular complexity index is 875. The van der Waals surface area contributed by atoms with Crippen molar-refractivity contribution in [3.63, 3.8) is 0 Å². The number of rotatable bonds is 4. The first-order chi connectivity index (χ1) is 12.3. The fourth-order valence-electron chi connectivity index (χ4n) is 3.33. The van der Waals surface area contributed by atoms with Crippen LogP contribution >= 0.6 is 0 Å². The fraction of sp³-hybridized carbons (Fsp3) is 0.200.